The average molecular weight is 399 g/mol. The van der Waals surface area contributed by atoms with Gasteiger partial charge in [-0.25, -0.2) is 0 Å². The second-order valence-electron chi connectivity index (χ2n) is 7.62. The van der Waals surface area contributed by atoms with Crippen molar-refractivity contribution in [2.75, 3.05) is 32.1 Å². The fraction of sp³-hybridized carbons (Fsp3) is 0.192. The van der Waals surface area contributed by atoms with Crippen LogP contribution in [0.4, 0.5) is 11.4 Å². The van der Waals surface area contributed by atoms with Crippen LogP contribution in [0, 0.1) is 0 Å². The van der Waals surface area contributed by atoms with Crippen molar-refractivity contribution in [1.29, 1.82) is 0 Å². The van der Waals surface area contributed by atoms with Crippen LogP contribution in [0.5, 0.6) is 5.75 Å². The number of carbonyl (C=O) groups excluding carboxylic acids is 1. The fourth-order valence-electron chi connectivity index (χ4n) is 3.59. The van der Waals surface area contributed by atoms with Crippen LogP contribution in [0.1, 0.15) is 27.9 Å². The number of nitrogens with zero attached hydrogens (tertiary/aromatic N) is 2. The molecule has 30 heavy (non-hydrogen) atoms. The second-order valence-corrected chi connectivity index (χ2v) is 7.62. The highest BCUT2D eigenvalue weighted by atomic mass is 16.5. The summed E-state index contributed by atoms with van der Waals surface area (Å²) in [6.07, 6.45) is 5.08. The number of rotatable bonds is 6. The largest absolute Gasteiger partial charge is 0.494 e. The van der Waals surface area contributed by atoms with Crippen LogP contribution in [-0.4, -0.2) is 38.1 Å². The summed E-state index contributed by atoms with van der Waals surface area (Å²) in [5.41, 5.74) is 4.42. The SMILES string of the molecule is CN(C)CCCOc1ccc(C(=O)N2c3ccccc3C=Cc3ccccc32)cc1. The molecule has 0 aliphatic carbocycles. The lowest BCUT2D eigenvalue weighted by molar-refractivity contribution is 0.0999. The molecule has 4 rings (SSSR count). The highest BCUT2D eigenvalue weighted by Gasteiger charge is 2.24. The van der Waals surface area contributed by atoms with E-state index in [2.05, 4.69) is 31.1 Å². The normalized spacial score (nSPS) is 12.3. The quantitative estimate of drug-likeness (QED) is 0.516. The highest BCUT2D eigenvalue weighted by molar-refractivity contribution is 6.14. The molecule has 1 amide bonds. The molecule has 0 radical (unpaired) electrons. The Morgan fingerprint density at radius 1 is 0.833 bits per heavy atom. The molecule has 4 heteroatoms. The third-order valence-electron chi connectivity index (χ3n) is 5.12. The van der Waals surface area contributed by atoms with Gasteiger partial charge in [0, 0.05) is 12.1 Å². The zero-order valence-corrected chi connectivity index (χ0v) is 17.4. The van der Waals surface area contributed by atoms with Crippen LogP contribution in [0.2, 0.25) is 0 Å². The molecule has 3 aromatic carbocycles. The van der Waals surface area contributed by atoms with Gasteiger partial charge in [-0.15, -0.1) is 0 Å². The van der Waals surface area contributed by atoms with Gasteiger partial charge in [-0.3, -0.25) is 9.69 Å². The van der Waals surface area contributed by atoms with Crippen LogP contribution in [0.3, 0.4) is 0 Å². The van der Waals surface area contributed by atoms with Crippen LogP contribution in [-0.2, 0) is 0 Å². The lowest BCUT2D eigenvalue weighted by Crippen LogP contribution is -2.26. The van der Waals surface area contributed by atoms with E-state index in [1.165, 1.54) is 0 Å². The lowest BCUT2D eigenvalue weighted by Gasteiger charge is -2.25. The summed E-state index contributed by atoms with van der Waals surface area (Å²) in [6.45, 7) is 1.64. The molecule has 1 aliphatic rings. The third-order valence-corrected chi connectivity index (χ3v) is 5.12. The first-order valence-corrected chi connectivity index (χ1v) is 10.2. The first-order chi connectivity index (χ1) is 14.6. The molecular weight excluding hydrogens is 372 g/mol. The minimum Gasteiger partial charge on any atom is -0.494 e. The van der Waals surface area contributed by atoms with Crippen LogP contribution in [0.25, 0.3) is 12.2 Å². The molecule has 0 saturated carbocycles. The number of anilines is 2. The van der Waals surface area contributed by atoms with Crippen molar-refractivity contribution >= 4 is 29.4 Å². The smallest absolute Gasteiger partial charge is 0.262 e. The van der Waals surface area contributed by atoms with Crippen molar-refractivity contribution in [3.05, 3.63) is 89.5 Å². The topological polar surface area (TPSA) is 32.8 Å². The van der Waals surface area contributed by atoms with Gasteiger partial charge in [0.05, 0.1) is 18.0 Å². The van der Waals surface area contributed by atoms with E-state index in [1.807, 2.05) is 72.8 Å². The minimum atomic E-state index is -0.0576. The fourth-order valence-corrected chi connectivity index (χ4v) is 3.59. The zero-order chi connectivity index (χ0) is 20.9. The van der Waals surface area contributed by atoms with Gasteiger partial charge in [0.1, 0.15) is 5.75 Å². The van der Waals surface area contributed by atoms with Gasteiger partial charge in [0.15, 0.2) is 0 Å². The van der Waals surface area contributed by atoms with Crippen molar-refractivity contribution in [2.45, 2.75) is 6.42 Å². The lowest BCUT2D eigenvalue weighted by atomic mass is 10.1. The first-order valence-electron chi connectivity index (χ1n) is 10.2. The van der Waals surface area contributed by atoms with Crippen molar-refractivity contribution in [1.82, 2.24) is 4.90 Å². The maximum absolute atomic E-state index is 13.6. The molecule has 0 atom stereocenters. The number of benzene rings is 3. The van der Waals surface area contributed by atoms with Gasteiger partial charge in [0.2, 0.25) is 0 Å². The van der Waals surface area contributed by atoms with E-state index in [9.17, 15) is 4.79 Å². The van der Waals surface area contributed by atoms with Gasteiger partial charge >= 0.3 is 0 Å². The maximum atomic E-state index is 13.6. The van der Waals surface area contributed by atoms with E-state index in [4.69, 9.17) is 4.74 Å². The first kappa shape index (κ1) is 19.9. The van der Waals surface area contributed by atoms with E-state index in [0.29, 0.717) is 12.2 Å². The van der Waals surface area contributed by atoms with E-state index in [1.54, 1.807) is 4.90 Å². The van der Waals surface area contributed by atoms with Crippen LogP contribution >= 0.6 is 0 Å². The van der Waals surface area contributed by atoms with Gasteiger partial charge in [0.25, 0.3) is 5.91 Å². The molecule has 0 N–H and O–H groups in total. The summed E-state index contributed by atoms with van der Waals surface area (Å²) in [6, 6.07) is 23.4. The molecule has 0 fully saturated rings. The van der Waals surface area contributed by atoms with Gasteiger partial charge in [-0.1, -0.05) is 48.6 Å². The Balaban J connectivity index is 1.59. The molecule has 1 aliphatic heterocycles. The molecule has 0 unspecified atom stereocenters. The Morgan fingerprint density at radius 3 is 1.97 bits per heavy atom. The van der Waals surface area contributed by atoms with E-state index < -0.39 is 0 Å². The Bertz CT molecular complexity index is 1010. The molecule has 1 heterocycles. The minimum absolute atomic E-state index is 0.0576. The monoisotopic (exact) mass is 398 g/mol. The summed E-state index contributed by atoms with van der Waals surface area (Å²) < 4.78 is 5.81. The van der Waals surface area contributed by atoms with Crippen molar-refractivity contribution in [3.8, 4) is 5.75 Å². The summed E-state index contributed by atoms with van der Waals surface area (Å²) in [4.78, 5) is 17.5. The van der Waals surface area contributed by atoms with Crippen molar-refractivity contribution in [3.63, 3.8) is 0 Å². The molecule has 152 valence electrons. The number of amides is 1. The average Bonchev–Trinajstić information content (AvgIpc) is 2.93. The molecule has 3 aromatic rings. The highest BCUT2D eigenvalue weighted by Crippen LogP contribution is 2.37. The number of hydrogen-bond acceptors (Lipinski definition) is 3. The standard InChI is InChI=1S/C26H26N2O2/c1-27(2)18-7-19-30-23-16-14-22(15-17-23)26(29)28-24-10-5-3-8-20(24)12-13-21-9-4-6-11-25(21)28/h3-6,8-17H,7,18-19H2,1-2H3. The number of para-hydroxylation sites is 2. The number of ether oxygens (including phenoxy) is 1. The molecule has 0 bridgehead atoms. The van der Waals surface area contributed by atoms with Gasteiger partial charge in [-0.2, -0.15) is 0 Å². The van der Waals surface area contributed by atoms with E-state index >= 15 is 0 Å². The third kappa shape index (κ3) is 4.29. The van der Waals surface area contributed by atoms with Crippen LogP contribution < -0.4 is 9.64 Å². The summed E-state index contributed by atoms with van der Waals surface area (Å²) in [5, 5.41) is 0. The number of fused-ring (bicyclic) bond motifs is 2. The summed E-state index contributed by atoms with van der Waals surface area (Å²) >= 11 is 0. The number of hydrogen-bond donors (Lipinski definition) is 0. The predicted octanol–water partition coefficient (Wildman–Crippen LogP) is 5.48. The zero-order valence-electron chi connectivity index (χ0n) is 17.4. The predicted molar refractivity (Wildman–Crippen MR) is 123 cm³/mol. The Morgan fingerprint density at radius 2 is 1.40 bits per heavy atom. The van der Waals surface area contributed by atoms with Crippen molar-refractivity contribution in [2.24, 2.45) is 0 Å². The Kier molecular flexibility index (Phi) is 5.96. The molecule has 4 nitrogen and oxygen atoms in total. The van der Waals surface area contributed by atoms with Crippen molar-refractivity contribution < 1.29 is 9.53 Å². The summed E-state index contributed by atoms with van der Waals surface area (Å²) in [7, 11) is 4.10. The number of carbonyl (C=O) groups is 1. The second kappa shape index (κ2) is 8.97. The molecule has 0 spiro atoms. The van der Waals surface area contributed by atoms with E-state index in [-0.39, 0.29) is 5.91 Å². The molecular formula is C26H26N2O2. The Hall–Kier alpha value is -3.37. The van der Waals surface area contributed by atoms with Gasteiger partial charge < -0.3 is 9.64 Å². The Labute approximate surface area is 178 Å². The molecule has 0 saturated heterocycles. The molecule has 0 aromatic heterocycles. The van der Waals surface area contributed by atoms with Crippen LogP contribution in [0.15, 0.2) is 72.8 Å². The van der Waals surface area contributed by atoms with Gasteiger partial charge in [-0.05, 0) is 68.0 Å². The van der Waals surface area contributed by atoms with E-state index in [0.717, 1.165) is 41.2 Å². The summed E-state index contributed by atoms with van der Waals surface area (Å²) in [5.74, 6) is 0.724. The maximum Gasteiger partial charge on any atom is 0.262 e.